The van der Waals surface area contributed by atoms with E-state index in [1.54, 1.807) is 63.3 Å². The molecule has 0 aliphatic heterocycles. The smallest absolute Gasteiger partial charge is 0.266 e. The summed E-state index contributed by atoms with van der Waals surface area (Å²) in [5, 5.41) is 0.517. The highest BCUT2D eigenvalue weighted by Crippen LogP contribution is 2.32. The molecule has 0 atom stereocenters. The van der Waals surface area contributed by atoms with Gasteiger partial charge in [0, 0.05) is 11.6 Å². The van der Waals surface area contributed by atoms with Crippen LogP contribution < -0.4 is 24.5 Å². The molecule has 0 fully saturated rings. The second-order valence-electron chi connectivity index (χ2n) is 7.08. The van der Waals surface area contributed by atoms with Gasteiger partial charge in [-0.1, -0.05) is 24.3 Å². The third-order valence-electron chi connectivity index (χ3n) is 5.27. The largest absolute Gasteiger partial charge is 0.493 e. The maximum Gasteiger partial charge on any atom is 0.266 e. The zero-order chi connectivity index (χ0) is 23.4. The van der Waals surface area contributed by atoms with Crippen LogP contribution in [0.4, 0.5) is 0 Å². The number of ether oxygens (including phenoxy) is 4. The molecule has 4 aromatic rings. The molecule has 7 nitrogen and oxygen atoms in total. The SMILES string of the molecule is COc1ccc(-n2c(C=Cc3cccc(OC)c3OC)nc3ccccc3c2=O)cc1OC. The van der Waals surface area contributed by atoms with Crippen molar-refractivity contribution in [3.63, 3.8) is 0 Å². The summed E-state index contributed by atoms with van der Waals surface area (Å²) >= 11 is 0. The monoisotopic (exact) mass is 444 g/mol. The van der Waals surface area contributed by atoms with Crippen LogP contribution in [0, 0.1) is 0 Å². The maximum absolute atomic E-state index is 13.5. The molecular weight excluding hydrogens is 420 g/mol. The van der Waals surface area contributed by atoms with Crippen LogP contribution in [0.3, 0.4) is 0 Å². The summed E-state index contributed by atoms with van der Waals surface area (Å²) < 4.78 is 23.2. The van der Waals surface area contributed by atoms with Crippen LogP contribution in [-0.4, -0.2) is 38.0 Å². The van der Waals surface area contributed by atoms with E-state index in [0.717, 1.165) is 5.56 Å². The van der Waals surface area contributed by atoms with Crippen LogP contribution in [0.15, 0.2) is 65.5 Å². The van der Waals surface area contributed by atoms with Crippen molar-refractivity contribution in [1.29, 1.82) is 0 Å². The molecule has 0 unspecified atom stereocenters. The van der Waals surface area contributed by atoms with Crippen LogP contribution in [0.25, 0.3) is 28.7 Å². The van der Waals surface area contributed by atoms with Crippen molar-refractivity contribution in [2.24, 2.45) is 0 Å². The van der Waals surface area contributed by atoms with E-state index in [9.17, 15) is 4.79 Å². The van der Waals surface area contributed by atoms with Gasteiger partial charge in [-0.25, -0.2) is 4.98 Å². The number of nitrogens with zero attached hydrogens (tertiary/aromatic N) is 2. The number of para-hydroxylation sites is 2. The molecule has 0 radical (unpaired) electrons. The Hall–Kier alpha value is -4.26. The van der Waals surface area contributed by atoms with E-state index in [2.05, 4.69) is 0 Å². The first kappa shape index (κ1) is 22.0. The molecule has 0 bridgehead atoms. The molecule has 0 saturated heterocycles. The summed E-state index contributed by atoms with van der Waals surface area (Å²) in [5.41, 5.74) is 1.81. The number of hydrogen-bond acceptors (Lipinski definition) is 6. The first-order valence-corrected chi connectivity index (χ1v) is 10.2. The number of rotatable bonds is 7. The van der Waals surface area contributed by atoms with Crippen LogP contribution in [-0.2, 0) is 0 Å². The normalized spacial score (nSPS) is 11.0. The van der Waals surface area contributed by atoms with Gasteiger partial charge in [0.1, 0.15) is 5.82 Å². The van der Waals surface area contributed by atoms with E-state index in [1.165, 1.54) is 0 Å². The summed E-state index contributed by atoms with van der Waals surface area (Å²) in [7, 11) is 6.30. The molecule has 0 aliphatic carbocycles. The van der Waals surface area contributed by atoms with Gasteiger partial charge in [0.05, 0.1) is 45.0 Å². The van der Waals surface area contributed by atoms with Gasteiger partial charge >= 0.3 is 0 Å². The minimum Gasteiger partial charge on any atom is -0.493 e. The lowest BCUT2D eigenvalue weighted by Gasteiger charge is -2.14. The molecule has 0 saturated carbocycles. The van der Waals surface area contributed by atoms with Gasteiger partial charge in [-0.15, -0.1) is 0 Å². The van der Waals surface area contributed by atoms with Crippen molar-refractivity contribution in [1.82, 2.24) is 9.55 Å². The Morgan fingerprint density at radius 3 is 2.24 bits per heavy atom. The fourth-order valence-electron chi connectivity index (χ4n) is 3.68. The van der Waals surface area contributed by atoms with Crippen molar-refractivity contribution in [2.75, 3.05) is 28.4 Å². The number of hydrogen-bond donors (Lipinski definition) is 0. The van der Waals surface area contributed by atoms with Gasteiger partial charge in [-0.3, -0.25) is 9.36 Å². The fourth-order valence-corrected chi connectivity index (χ4v) is 3.68. The molecule has 7 heteroatoms. The first-order valence-electron chi connectivity index (χ1n) is 10.2. The minimum atomic E-state index is -0.190. The van der Waals surface area contributed by atoms with Gasteiger partial charge in [-0.05, 0) is 42.5 Å². The Morgan fingerprint density at radius 1 is 0.758 bits per heavy atom. The Morgan fingerprint density at radius 2 is 1.52 bits per heavy atom. The fraction of sp³-hybridized carbons (Fsp3) is 0.154. The van der Waals surface area contributed by atoms with E-state index < -0.39 is 0 Å². The van der Waals surface area contributed by atoms with Crippen LogP contribution in [0.5, 0.6) is 23.0 Å². The lowest BCUT2D eigenvalue weighted by atomic mass is 10.1. The highest BCUT2D eigenvalue weighted by Gasteiger charge is 2.14. The quantitative estimate of drug-likeness (QED) is 0.415. The average Bonchev–Trinajstić information content (AvgIpc) is 2.86. The van der Waals surface area contributed by atoms with Gasteiger partial charge in [0.2, 0.25) is 0 Å². The average molecular weight is 444 g/mol. The molecule has 1 heterocycles. The third kappa shape index (κ3) is 4.13. The molecule has 33 heavy (non-hydrogen) atoms. The summed E-state index contributed by atoms with van der Waals surface area (Å²) in [6, 6.07) is 18.2. The topological polar surface area (TPSA) is 71.8 Å². The standard InChI is InChI=1S/C26H24N2O5/c1-30-21-14-13-18(16-23(21)32-3)28-24(27-20-10-6-5-9-19(20)26(28)29)15-12-17-8-7-11-22(31-2)25(17)33-4/h5-16H,1-4H3. The number of aromatic nitrogens is 2. The van der Waals surface area contributed by atoms with Crippen molar-refractivity contribution in [3.8, 4) is 28.7 Å². The predicted octanol–water partition coefficient (Wildman–Crippen LogP) is 4.59. The Bertz CT molecular complexity index is 1390. The van der Waals surface area contributed by atoms with Crippen molar-refractivity contribution in [3.05, 3.63) is 82.4 Å². The highest BCUT2D eigenvalue weighted by atomic mass is 16.5. The Balaban J connectivity index is 1.94. The van der Waals surface area contributed by atoms with Crippen LogP contribution in [0.1, 0.15) is 11.4 Å². The van der Waals surface area contributed by atoms with Crippen molar-refractivity contribution in [2.45, 2.75) is 0 Å². The van der Waals surface area contributed by atoms with E-state index in [-0.39, 0.29) is 5.56 Å². The third-order valence-corrected chi connectivity index (χ3v) is 5.27. The molecule has 4 rings (SSSR count). The molecule has 0 N–H and O–H groups in total. The van der Waals surface area contributed by atoms with Gasteiger partial charge in [0.15, 0.2) is 23.0 Å². The molecule has 3 aromatic carbocycles. The second kappa shape index (κ2) is 9.48. The summed E-state index contributed by atoms with van der Waals surface area (Å²) in [6.07, 6.45) is 3.62. The molecule has 0 aliphatic rings. The minimum absolute atomic E-state index is 0.190. The van der Waals surface area contributed by atoms with E-state index in [1.807, 2.05) is 42.5 Å². The van der Waals surface area contributed by atoms with Gasteiger partial charge in [0.25, 0.3) is 5.56 Å². The van der Waals surface area contributed by atoms with Gasteiger partial charge < -0.3 is 18.9 Å². The maximum atomic E-state index is 13.5. The lowest BCUT2D eigenvalue weighted by molar-refractivity contribution is 0.354. The van der Waals surface area contributed by atoms with Crippen LogP contribution in [0.2, 0.25) is 0 Å². The molecule has 168 valence electrons. The van der Waals surface area contributed by atoms with E-state index >= 15 is 0 Å². The second-order valence-corrected chi connectivity index (χ2v) is 7.08. The summed E-state index contributed by atoms with van der Waals surface area (Å²) in [6.45, 7) is 0. The summed E-state index contributed by atoms with van der Waals surface area (Å²) in [4.78, 5) is 18.3. The molecule has 0 spiro atoms. The summed E-state index contributed by atoms with van der Waals surface area (Å²) in [5.74, 6) is 2.75. The molecular formula is C26H24N2O5. The number of benzene rings is 3. The first-order chi connectivity index (χ1) is 16.1. The Labute approximate surface area is 191 Å². The number of methoxy groups -OCH3 is 4. The zero-order valence-corrected chi connectivity index (χ0v) is 18.9. The highest BCUT2D eigenvalue weighted by molar-refractivity contribution is 5.81. The van der Waals surface area contributed by atoms with E-state index in [4.69, 9.17) is 23.9 Å². The Kier molecular flexibility index (Phi) is 6.31. The van der Waals surface area contributed by atoms with Crippen molar-refractivity contribution < 1.29 is 18.9 Å². The lowest BCUT2D eigenvalue weighted by Crippen LogP contribution is -2.22. The number of fused-ring (bicyclic) bond motifs is 1. The van der Waals surface area contributed by atoms with E-state index in [0.29, 0.717) is 45.4 Å². The van der Waals surface area contributed by atoms with Crippen LogP contribution >= 0.6 is 0 Å². The molecule has 1 aromatic heterocycles. The predicted molar refractivity (Wildman–Crippen MR) is 129 cm³/mol. The molecule has 0 amide bonds. The van der Waals surface area contributed by atoms with Crippen molar-refractivity contribution >= 4 is 23.1 Å². The van der Waals surface area contributed by atoms with Gasteiger partial charge in [-0.2, -0.15) is 0 Å². The zero-order valence-electron chi connectivity index (χ0n) is 18.9.